The molecule has 0 fully saturated rings. The van der Waals surface area contributed by atoms with E-state index in [1.165, 1.54) is 0 Å². The van der Waals surface area contributed by atoms with Gasteiger partial charge in [-0.15, -0.1) is 0 Å². The fraction of sp³-hybridized carbons (Fsp3) is 0.667. The summed E-state index contributed by atoms with van der Waals surface area (Å²) in [6.07, 6.45) is 1.18. The van der Waals surface area contributed by atoms with Crippen LogP contribution in [0.15, 0.2) is 10.7 Å². The maximum absolute atomic E-state index is 11.5. The molecule has 0 aliphatic rings. The maximum atomic E-state index is 11.5. The molecular weight excluding hydrogens is 234 g/mol. The number of carbonyl (C=O) groups excluding carboxylic acids is 1. The zero-order valence-corrected chi connectivity index (χ0v) is 11.3. The molecule has 102 valence electrons. The molecule has 0 aliphatic carbocycles. The SMILES string of the molecule is Cc1oncc1C(CN)CNC(=O)OC(C)(C)C. The van der Waals surface area contributed by atoms with Crippen molar-refractivity contribution in [1.29, 1.82) is 0 Å². The van der Waals surface area contributed by atoms with Gasteiger partial charge in [-0.1, -0.05) is 5.16 Å². The zero-order valence-electron chi connectivity index (χ0n) is 11.3. The first-order valence-corrected chi connectivity index (χ1v) is 5.91. The number of nitrogens with two attached hydrogens (primary N) is 1. The third-order valence-electron chi connectivity index (χ3n) is 2.40. The van der Waals surface area contributed by atoms with E-state index in [-0.39, 0.29) is 5.92 Å². The van der Waals surface area contributed by atoms with Crippen LogP contribution < -0.4 is 11.1 Å². The number of carbonyl (C=O) groups is 1. The Labute approximate surface area is 107 Å². The summed E-state index contributed by atoms with van der Waals surface area (Å²) in [6, 6.07) is 0. The minimum absolute atomic E-state index is 0.0243. The highest BCUT2D eigenvalue weighted by atomic mass is 16.6. The van der Waals surface area contributed by atoms with Crippen LogP contribution in [0.25, 0.3) is 0 Å². The van der Waals surface area contributed by atoms with E-state index < -0.39 is 11.7 Å². The quantitative estimate of drug-likeness (QED) is 0.851. The highest BCUT2D eigenvalue weighted by molar-refractivity contribution is 5.67. The largest absolute Gasteiger partial charge is 0.444 e. The van der Waals surface area contributed by atoms with Crippen LogP contribution in [0.2, 0.25) is 0 Å². The molecule has 6 heteroatoms. The van der Waals surface area contributed by atoms with Crippen molar-refractivity contribution in [2.45, 2.75) is 39.2 Å². The standard InChI is InChI=1S/C12H21N3O3/c1-8-10(7-15-18-8)9(5-13)6-14-11(16)17-12(2,3)4/h7,9H,5-6,13H2,1-4H3,(H,14,16). The Morgan fingerprint density at radius 3 is 2.72 bits per heavy atom. The third-order valence-corrected chi connectivity index (χ3v) is 2.40. The smallest absolute Gasteiger partial charge is 0.407 e. The van der Waals surface area contributed by atoms with Gasteiger partial charge in [0.15, 0.2) is 0 Å². The molecule has 1 aromatic rings. The van der Waals surface area contributed by atoms with Gasteiger partial charge in [-0.2, -0.15) is 0 Å². The molecule has 1 heterocycles. The lowest BCUT2D eigenvalue weighted by Gasteiger charge is -2.21. The van der Waals surface area contributed by atoms with Gasteiger partial charge in [-0.25, -0.2) is 4.79 Å². The number of hydrogen-bond acceptors (Lipinski definition) is 5. The molecule has 0 bridgehead atoms. The van der Waals surface area contributed by atoms with E-state index in [0.717, 1.165) is 11.3 Å². The highest BCUT2D eigenvalue weighted by Crippen LogP contribution is 2.17. The number of aryl methyl sites for hydroxylation is 1. The van der Waals surface area contributed by atoms with Crippen molar-refractivity contribution in [3.63, 3.8) is 0 Å². The van der Waals surface area contributed by atoms with Crippen LogP contribution >= 0.6 is 0 Å². The molecule has 0 saturated carbocycles. The predicted octanol–water partition coefficient (Wildman–Crippen LogP) is 1.55. The first-order valence-electron chi connectivity index (χ1n) is 5.91. The molecule has 0 spiro atoms. The number of rotatable bonds is 4. The van der Waals surface area contributed by atoms with Gasteiger partial charge < -0.3 is 20.3 Å². The number of nitrogens with one attached hydrogen (secondary N) is 1. The van der Waals surface area contributed by atoms with E-state index in [4.69, 9.17) is 15.0 Å². The lowest BCUT2D eigenvalue weighted by molar-refractivity contribution is 0.0524. The van der Waals surface area contributed by atoms with Crippen LogP contribution in [0.3, 0.4) is 0 Å². The van der Waals surface area contributed by atoms with Crippen LogP contribution in [-0.2, 0) is 4.74 Å². The van der Waals surface area contributed by atoms with Crippen molar-refractivity contribution >= 4 is 6.09 Å². The number of alkyl carbamates (subject to hydrolysis) is 1. The van der Waals surface area contributed by atoms with Gasteiger partial charge in [0.25, 0.3) is 0 Å². The summed E-state index contributed by atoms with van der Waals surface area (Å²) >= 11 is 0. The van der Waals surface area contributed by atoms with Gasteiger partial charge in [-0.3, -0.25) is 0 Å². The summed E-state index contributed by atoms with van der Waals surface area (Å²) in [4.78, 5) is 11.5. The molecule has 3 N–H and O–H groups in total. The third kappa shape index (κ3) is 4.37. The van der Waals surface area contributed by atoms with Gasteiger partial charge >= 0.3 is 6.09 Å². The lowest BCUT2D eigenvalue weighted by atomic mass is 10.0. The lowest BCUT2D eigenvalue weighted by Crippen LogP contribution is -2.36. The van der Waals surface area contributed by atoms with Crippen LogP contribution in [0.1, 0.15) is 38.0 Å². The number of amides is 1. The van der Waals surface area contributed by atoms with Gasteiger partial charge in [-0.05, 0) is 27.7 Å². The fourth-order valence-corrected chi connectivity index (χ4v) is 1.54. The average molecular weight is 255 g/mol. The van der Waals surface area contributed by atoms with Crippen molar-refractivity contribution in [3.8, 4) is 0 Å². The van der Waals surface area contributed by atoms with E-state index in [0.29, 0.717) is 13.1 Å². The summed E-state index contributed by atoms with van der Waals surface area (Å²) < 4.78 is 10.1. The summed E-state index contributed by atoms with van der Waals surface area (Å²) in [7, 11) is 0. The van der Waals surface area contributed by atoms with Gasteiger partial charge in [0.2, 0.25) is 0 Å². The van der Waals surface area contributed by atoms with Crippen molar-refractivity contribution in [3.05, 3.63) is 17.5 Å². The van der Waals surface area contributed by atoms with Crippen LogP contribution in [0, 0.1) is 6.92 Å². The Morgan fingerprint density at radius 2 is 2.28 bits per heavy atom. The molecule has 1 amide bonds. The molecule has 0 aliphatic heterocycles. The number of ether oxygens (including phenoxy) is 1. The van der Waals surface area contributed by atoms with E-state index in [2.05, 4.69) is 10.5 Å². The Bertz CT molecular complexity index is 396. The average Bonchev–Trinajstić information content (AvgIpc) is 2.63. The molecule has 0 aromatic carbocycles. The molecule has 1 atom stereocenters. The van der Waals surface area contributed by atoms with Gasteiger partial charge in [0.05, 0.1) is 6.20 Å². The van der Waals surface area contributed by atoms with E-state index >= 15 is 0 Å². The molecule has 1 unspecified atom stereocenters. The molecular formula is C12H21N3O3. The first kappa shape index (κ1) is 14.5. The molecule has 0 radical (unpaired) electrons. The van der Waals surface area contributed by atoms with Crippen molar-refractivity contribution < 1.29 is 14.1 Å². The summed E-state index contributed by atoms with van der Waals surface area (Å²) in [5.41, 5.74) is 6.09. The van der Waals surface area contributed by atoms with E-state index in [1.54, 1.807) is 6.20 Å². The molecule has 6 nitrogen and oxygen atoms in total. The summed E-state index contributed by atoms with van der Waals surface area (Å²) in [5.74, 6) is 0.695. The van der Waals surface area contributed by atoms with Crippen LogP contribution in [-0.4, -0.2) is 29.9 Å². The second kappa shape index (κ2) is 5.86. The Kier molecular flexibility index (Phi) is 4.72. The first-order chi connectivity index (χ1) is 8.33. The molecule has 1 aromatic heterocycles. The number of nitrogens with zero attached hydrogens (tertiary/aromatic N) is 1. The molecule has 1 rings (SSSR count). The number of aromatic nitrogens is 1. The van der Waals surface area contributed by atoms with E-state index in [1.807, 2.05) is 27.7 Å². The summed E-state index contributed by atoms with van der Waals surface area (Å²) in [5, 5.41) is 6.40. The van der Waals surface area contributed by atoms with Crippen molar-refractivity contribution in [2.24, 2.45) is 5.73 Å². The Morgan fingerprint density at radius 1 is 1.61 bits per heavy atom. The predicted molar refractivity (Wildman–Crippen MR) is 67.3 cm³/mol. The van der Waals surface area contributed by atoms with Crippen LogP contribution in [0.4, 0.5) is 4.79 Å². The summed E-state index contributed by atoms with van der Waals surface area (Å²) in [6.45, 7) is 8.06. The Balaban J connectivity index is 2.51. The van der Waals surface area contributed by atoms with E-state index in [9.17, 15) is 4.79 Å². The molecule has 0 saturated heterocycles. The fourth-order valence-electron chi connectivity index (χ4n) is 1.54. The monoisotopic (exact) mass is 255 g/mol. The maximum Gasteiger partial charge on any atom is 0.407 e. The minimum Gasteiger partial charge on any atom is -0.444 e. The second-order valence-corrected chi connectivity index (χ2v) is 5.15. The van der Waals surface area contributed by atoms with Crippen molar-refractivity contribution in [1.82, 2.24) is 10.5 Å². The van der Waals surface area contributed by atoms with Crippen LogP contribution in [0.5, 0.6) is 0 Å². The zero-order chi connectivity index (χ0) is 13.8. The van der Waals surface area contributed by atoms with Crippen molar-refractivity contribution in [2.75, 3.05) is 13.1 Å². The topological polar surface area (TPSA) is 90.4 Å². The molecule has 18 heavy (non-hydrogen) atoms. The second-order valence-electron chi connectivity index (χ2n) is 5.15. The van der Waals surface area contributed by atoms with Gasteiger partial charge in [0, 0.05) is 24.6 Å². The highest BCUT2D eigenvalue weighted by Gasteiger charge is 2.19. The normalized spacial score (nSPS) is 13.2. The Hall–Kier alpha value is -1.56. The minimum atomic E-state index is -0.505. The number of hydrogen-bond donors (Lipinski definition) is 2. The van der Waals surface area contributed by atoms with Gasteiger partial charge in [0.1, 0.15) is 11.4 Å².